The first-order valence-corrected chi connectivity index (χ1v) is 13.7. The lowest BCUT2D eigenvalue weighted by Crippen LogP contribution is -2.24. The van der Waals surface area contributed by atoms with Gasteiger partial charge in [-0.15, -0.1) is 0 Å². The summed E-state index contributed by atoms with van der Waals surface area (Å²) in [6, 6.07) is 8.87. The summed E-state index contributed by atoms with van der Waals surface area (Å²) in [5, 5.41) is 10.1. The van der Waals surface area contributed by atoms with E-state index in [1.165, 1.54) is 45.1 Å². The molecule has 1 fully saturated rings. The Hall–Kier alpha value is -5.37. The maximum Gasteiger partial charge on any atom is 0.284 e. The van der Waals surface area contributed by atoms with Gasteiger partial charge >= 0.3 is 0 Å². The molecule has 0 radical (unpaired) electrons. The number of carbonyl (C=O) groups excluding carboxylic acids is 1. The number of halogens is 2. The predicted octanol–water partition coefficient (Wildman–Crippen LogP) is 5.25. The van der Waals surface area contributed by atoms with E-state index >= 15 is 4.39 Å². The zero-order valence-electron chi connectivity index (χ0n) is 24.0. The fraction of sp³-hybridized carbons (Fsp3) is 0.233. The van der Waals surface area contributed by atoms with Gasteiger partial charge in [-0.05, 0) is 44.6 Å². The number of ether oxygens (including phenoxy) is 3. The SMILES string of the molecule is COc1cc2ncnc(Nc3cc(F)c(Oc4ccn5ncnc5c4)cc3OC)c2cc1NC(=O)/C(F)=C/[C@H]1CCCN1C. The molecule has 44 heavy (non-hydrogen) atoms. The topological polar surface area (TPSA) is 128 Å². The Kier molecular flexibility index (Phi) is 7.89. The number of benzene rings is 2. The Bertz CT molecular complexity index is 1900. The standard InChI is InChI=1S/C30H28F2N8O4/c1-39-7-4-5-17(39)9-21(32)30(41)38-23-11-19-22(13-26(23)42-2)33-15-35-29(19)37-24-12-20(31)25(14-27(24)43-3)44-18-6-8-40-28(10-18)34-16-36-40/h6,8-17H,4-5,7H2,1-3H3,(H,38,41)(H,33,35,37)/b21-9-/t17-/m1/s1. The zero-order chi connectivity index (χ0) is 30.8. The van der Waals surface area contributed by atoms with Gasteiger partial charge < -0.3 is 24.8 Å². The Morgan fingerprint density at radius 3 is 2.61 bits per heavy atom. The van der Waals surface area contributed by atoms with Crippen molar-refractivity contribution < 1.29 is 27.8 Å². The molecular weight excluding hydrogens is 574 g/mol. The molecule has 1 aliphatic heterocycles. The quantitative estimate of drug-likeness (QED) is 0.216. The minimum absolute atomic E-state index is 0.0718. The van der Waals surface area contributed by atoms with E-state index in [0.29, 0.717) is 22.3 Å². The number of nitrogens with one attached hydrogen (secondary N) is 2. The second kappa shape index (κ2) is 12.1. The first kappa shape index (κ1) is 28.7. The number of aromatic nitrogens is 5. The summed E-state index contributed by atoms with van der Waals surface area (Å²) >= 11 is 0. The number of hydrogen-bond acceptors (Lipinski definition) is 10. The molecule has 0 saturated carbocycles. The van der Waals surface area contributed by atoms with E-state index in [0.717, 1.165) is 19.4 Å². The average molecular weight is 603 g/mol. The molecule has 1 saturated heterocycles. The molecule has 3 aromatic heterocycles. The fourth-order valence-corrected chi connectivity index (χ4v) is 5.02. The number of amides is 1. The highest BCUT2D eigenvalue weighted by Crippen LogP contribution is 2.38. The maximum atomic E-state index is 15.3. The third kappa shape index (κ3) is 5.79. The van der Waals surface area contributed by atoms with Gasteiger partial charge in [0.25, 0.3) is 5.91 Å². The van der Waals surface area contributed by atoms with Crippen LogP contribution in [0.3, 0.4) is 0 Å². The summed E-state index contributed by atoms with van der Waals surface area (Å²) in [6.07, 6.45) is 7.41. The third-order valence-corrected chi connectivity index (χ3v) is 7.32. The summed E-state index contributed by atoms with van der Waals surface area (Å²) in [7, 11) is 4.76. The van der Waals surface area contributed by atoms with Gasteiger partial charge in [-0.2, -0.15) is 5.10 Å². The lowest BCUT2D eigenvalue weighted by molar-refractivity contribution is -0.114. The second-order valence-corrected chi connectivity index (χ2v) is 10.1. The lowest BCUT2D eigenvalue weighted by Gasteiger charge is -2.17. The van der Waals surface area contributed by atoms with Crippen molar-refractivity contribution in [3.05, 3.63) is 73.0 Å². The molecule has 6 rings (SSSR count). The molecular formula is C30H28F2N8O4. The van der Waals surface area contributed by atoms with E-state index in [-0.39, 0.29) is 40.5 Å². The highest BCUT2D eigenvalue weighted by Gasteiger charge is 2.23. The number of carbonyl (C=O) groups is 1. The normalized spacial score (nSPS) is 15.5. The molecule has 1 atom stereocenters. The molecule has 1 amide bonds. The number of rotatable bonds is 9. The van der Waals surface area contributed by atoms with E-state index in [1.54, 1.807) is 35.0 Å². The van der Waals surface area contributed by atoms with E-state index in [9.17, 15) is 9.18 Å². The van der Waals surface area contributed by atoms with Crippen LogP contribution in [0.15, 0.2) is 67.2 Å². The summed E-state index contributed by atoms with van der Waals surface area (Å²) in [6.45, 7) is 0.842. The molecule has 0 aliphatic carbocycles. The molecule has 1 aliphatic rings. The molecule has 2 N–H and O–H groups in total. The van der Waals surface area contributed by atoms with Gasteiger partial charge in [0.2, 0.25) is 0 Å². The Morgan fingerprint density at radius 2 is 1.84 bits per heavy atom. The number of nitrogens with zero attached hydrogens (tertiary/aromatic N) is 6. The van der Waals surface area contributed by atoms with Crippen LogP contribution in [0.5, 0.6) is 23.0 Å². The highest BCUT2D eigenvalue weighted by molar-refractivity contribution is 6.05. The Labute approximate surface area is 250 Å². The summed E-state index contributed by atoms with van der Waals surface area (Å²) in [4.78, 5) is 27.5. The molecule has 0 bridgehead atoms. The van der Waals surface area contributed by atoms with Crippen LogP contribution >= 0.6 is 0 Å². The zero-order valence-corrected chi connectivity index (χ0v) is 24.0. The number of methoxy groups -OCH3 is 2. The molecule has 0 unspecified atom stereocenters. The van der Waals surface area contributed by atoms with Crippen LogP contribution in [0.2, 0.25) is 0 Å². The summed E-state index contributed by atoms with van der Waals surface area (Å²) in [5.41, 5.74) is 1.46. The largest absolute Gasteiger partial charge is 0.494 e. The molecule has 0 spiro atoms. The first-order chi connectivity index (χ1) is 21.3. The molecule has 5 aromatic rings. The number of likely N-dealkylation sites (tertiary alicyclic amines) is 1. The number of anilines is 3. The van der Waals surface area contributed by atoms with Gasteiger partial charge in [-0.3, -0.25) is 9.69 Å². The molecule has 14 heteroatoms. The minimum atomic E-state index is -0.906. The van der Waals surface area contributed by atoms with Gasteiger partial charge in [-0.1, -0.05) is 0 Å². The number of likely N-dealkylation sites (N-methyl/N-ethyl adjacent to an activating group) is 1. The van der Waals surface area contributed by atoms with Gasteiger partial charge in [0, 0.05) is 41.9 Å². The molecule has 4 heterocycles. The van der Waals surface area contributed by atoms with Crippen molar-refractivity contribution in [1.82, 2.24) is 29.5 Å². The van der Waals surface area contributed by atoms with Crippen LogP contribution in [0, 0.1) is 5.82 Å². The van der Waals surface area contributed by atoms with Crippen molar-refractivity contribution in [2.24, 2.45) is 0 Å². The van der Waals surface area contributed by atoms with Crippen molar-refractivity contribution in [2.75, 3.05) is 38.4 Å². The van der Waals surface area contributed by atoms with Crippen molar-refractivity contribution in [3.63, 3.8) is 0 Å². The van der Waals surface area contributed by atoms with Crippen LogP contribution in [-0.2, 0) is 4.79 Å². The molecule has 12 nitrogen and oxygen atoms in total. The fourth-order valence-electron chi connectivity index (χ4n) is 5.02. The van der Waals surface area contributed by atoms with Gasteiger partial charge in [0.15, 0.2) is 23.0 Å². The van der Waals surface area contributed by atoms with Gasteiger partial charge in [0.05, 0.1) is 31.1 Å². The van der Waals surface area contributed by atoms with Crippen LogP contribution in [0.1, 0.15) is 12.8 Å². The molecule has 2 aromatic carbocycles. The van der Waals surface area contributed by atoms with Gasteiger partial charge in [0.1, 0.15) is 35.7 Å². The molecule has 226 valence electrons. The average Bonchev–Trinajstić information content (AvgIpc) is 3.66. The maximum absolute atomic E-state index is 15.3. The van der Waals surface area contributed by atoms with E-state index in [2.05, 4.69) is 30.7 Å². The van der Waals surface area contributed by atoms with E-state index in [1.807, 2.05) is 11.9 Å². The lowest BCUT2D eigenvalue weighted by atomic mass is 10.1. The second-order valence-electron chi connectivity index (χ2n) is 10.1. The van der Waals surface area contributed by atoms with Crippen molar-refractivity contribution in [2.45, 2.75) is 18.9 Å². The summed E-state index contributed by atoms with van der Waals surface area (Å²) < 4.78 is 48.4. The minimum Gasteiger partial charge on any atom is -0.494 e. The highest BCUT2D eigenvalue weighted by atomic mass is 19.1. The summed E-state index contributed by atoms with van der Waals surface area (Å²) in [5.74, 6) is -1.36. The Balaban J connectivity index is 1.28. The predicted molar refractivity (Wildman–Crippen MR) is 159 cm³/mol. The first-order valence-electron chi connectivity index (χ1n) is 13.7. The van der Waals surface area contributed by atoms with E-state index < -0.39 is 17.6 Å². The van der Waals surface area contributed by atoms with Crippen molar-refractivity contribution in [3.8, 4) is 23.0 Å². The smallest absolute Gasteiger partial charge is 0.284 e. The van der Waals surface area contributed by atoms with Crippen LogP contribution < -0.4 is 24.8 Å². The Morgan fingerprint density at radius 1 is 1.02 bits per heavy atom. The number of hydrogen-bond donors (Lipinski definition) is 2. The van der Waals surface area contributed by atoms with Crippen LogP contribution in [-0.4, -0.2) is 69.2 Å². The number of pyridine rings is 1. The third-order valence-electron chi connectivity index (χ3n) is 7.32. The van der Waals surface area contributed by atoms with Crippen LogP contribution in [0.4, 0.5) is 26.0 Å². The van der Waals surface area contributed by atoms with Crippen molar-refractivity contribution in [1.29, 1.82) is 0 Å². The van der Waals surface area contributed by atoms with Gasteiger partial charge in [-0.25, -0.2) is 28.2 Å². The monoisotopic (exact) mass is 602 g/mol. The van der Waals surface area contributed by atoms with E-state index in [4.69, 9.17) is 14.2 Å². The van der Waals surface area contributed by atoms with Crippen LogP contribution in [0.25, 0.3) is 16.6 Å². The number of fused-ring (bicyclic) bond motifs is 2. The van der Waals surface area contributed by atoms with Crippen molar-refractivity contribution >= 4 is 39.6 Å².